The van der Waals surface area contributed by atoms with Crippen LogP contribution >= 0.6 is 11.6 Å². The van der Waals surface area contributed by atoms with Crippen LogP contribution in [0.25, 0.3) is 0 Å². The Bertz CT molecular complexity index is 701. The van der Waals surface area contributed by atoms with Crippen LogP contribution < -0.4 is 0 Å². The minimum atomic E-state index is -4.44. The fraction of sp³-hybridized carbons (Fsp3) is 0.429. The summed E-state index contributed by atoms with van der Waals surface area (Å²) in [5, 5.41) is 4.06. The lowest BCUT2D eigenvalue weighted by molar-refractivity contribution is -0.141. The van der Waals surface area contributed by atoms with Crippen molar-refractivity contribution in [3.63, 3.8) is 0 Å². The highest BCUT2D eigenvalue weighted by molar-refractivity contribution is 6.30. The molecule has 1 amide bonds. The van der Waals surface area contributed by atoms with Gasteiger partial charge >= 0.3 is 6.18 Å². The van der Waals surface area contributed by atoms with E-state index in [0.29, 0.717) is 36.6 Å². The molecule has 0 atom stereocenters. The Morgan fingerprint density at radius 2 is 2.04 bits per heavy atom. The van der Waals surface area contributed by atoms with Gasteiger partial charge in [0.1, 0.15) is 5.69 Å². The predicted molar refractivity (Wildman–Crippen MR) is 77.2 cm³/mol. The summed E-state index contributed by atoms with van der Waals surface area (Å²) in [4.78, 5) is 16.7. The van der Waals surface area contributed by atoms with Gasteiger partial charge in [-0.3, -0.25) is 9.48 Å². The van der Waals surface area contributed by atoms with E-state index in [4.69, 9.17) is 11.6 Å². The molecule has 2 aromatic rings. The molecule has 23 heavy (non-hydrogen) atoms. The number of likely N-dealkylation sites (tertiary alicyclic amines) is 1. The summed E-state index contributed by atoms with van der Waals surface area (Å²) < 4.78 is 39.1. The third kappa shape index (κ3) is 3.36. The van der Waals surface area contributed by atoms with E-state index < -0.39 is 11.9 Å². The van der Waals surface area contributed by atoms with Crippen molar-refractivity contribution in [2.45, 2.75) is 25.1 Å². The summed E-state index contributed by atoms with van der Waals surface area (Å²) >= 11 is 5.78. The molecule has 1 aliphatic rings. The molecule has 1 N–H and O–H groups in total. The number of hydrogen-bond acceptors (Lipinski definition) is 2. The number of halogens is 4. The van der Waals surface area contributed by atoms with Gasteiger partial charge in [-0.1, -0.05) is 11.6 Å². The van der Waals surface area contributed by atoms with Crippen molar-refractivity contribution in [2.75, 3.05) is 13.1 Å². The summed E-state index contributed by atoms with van der Waals surface area (Å²) in [6.45, 7) is 0.919. The van der Waals surface area contributed by atoms with Crippen molar-refractivity contribution >= 4 is 17.5 Å². The highest BCUT2D eigenvalue weighted by Crippen LogP contribution is 2.29. The maximum Gasteiger partial charge on any atom is 0.435 e. The number of hydrogen-bond donors (Lipinski definition) is 1. The van der Waals surface area contributed by atoms with Crippen molar-refractivity contribution in [3.8, 4) is 0 Å². The number of alkyl halides is 3. The van der Waals surface area contributed by atoms with Crippen LogP contribution in [0.1, 0.15) is 35.1 Å². The first-order valence-corrected chi connectivity index (χ1v) is 7.48. The van der Waals surface area contributed by atoms with Gasteiger partial charge in [-0.2, -0.15) is 18.3 Å². The van der Waals surface area contributed by atoms with E-state index in [2.05, 4.69) is 10.1 Å². The number of nitrogens with zero attached hydrogens (tertiary/aromatic N) is 3. The van der Waals surface area contributed by atoms with Gasteiger partial charge in [-0.05, 0) is 25.0 Å². The molecule has 9 heteroatoms. The largest absolute Gasteiger partial charge is 0.435 e. The van der Waals surface area contributed by atoms with E-state index in [9.17, 15) is 18.0 Å². The van der Waals surface area contributed by atoms with Crippen molar-refractivity contribution in [3.05, 3.63) is 40.9 Å². The zero-order chi connectivity index (χ0) is 16.6. The average molecular weight is 347 g/mol. The molecule has 0 spiro atoms. The molecule has 5 nitrogen and oxygen atoms in total. The number of aromatic amines is 1. The second-order valence-corrected chi connectivity index (χ2v) is 5.87. The average Bonchev–Trinajstić information content (AvgIpc) is 3.15. The van der Waals surface area contributed by atoms with Crippen molar-refractivity contribution in [2.24, 2.45) is 0 Å². The summed E-state index contributed by atoms with van der Waals surface area (Å²) in [7, 11) is 0. The smallest absolute Gasteiger partial charge is 0.356 e. The van der Waals surface area contributed by atoms with Gasteiger partial charge in [0.25, 0.3) is 5.91 Å². The maximum absolute atomic E-state index is 12.6. The van der Waals surface area contributed by atoms with Gasteiger partial charge in [-0.15, -0.1) is 0 Å². The number of carbonyl (C=O) groups excluding carboxylic acids is 1. The van der Waals surface area contributed by atoms with Crippen LogP contribution in [0, 0.1) is 0 Å². The van der Waals surface area contributed by atoms with Crippen LogP contribution in [0.3, 0.4) is 0 Å². The van der Waals surface area contributed by atoms with Crippen LogP contribution in [-0.2, 0) is 6.18 Å². The van der Waals surface area contributed by atoms with Gasteiger partial charge in [0.15, 0.2) is 5.69 Å². The molecule has 0 bridgehead atoms. The van der Waals surface area contributed by atoms with Crippen LogP contribution in [0.2, 0.25) is 5.02 Å². The Morgan fingerprint density at radius 1 is 1.35 bits per heavy atom. The standard InChI is InChI=1S/C14H14ClF3N4O/c15-9-7-11(19-8-9)13(23)21-4-1-10(2-5-21)22-6-3-12(20-22)14(16,17)18/h3,6-8,10,19H,1-2,4-5H2. The molecule has 0 aromatic carbocycles. The zero-order valence-electron chi connectivity index (χ0n) is 12.0. The van der Waals surface area contributed by atoms with Crippen LogP contribution in [0.5, 0.6) is 0 Å². The fourth-order valence-electron chi connectivity index (χ4n) is 2.69. The van der Waals surface area contributed by atoms with Gasteiger partial charge in [-0.25, -0.2) is 0 Å². The van der Waals surface area contributed by atoms with Gasteiger partial charge in [0.05, 0.1) is 11.1 Å². The van der Waals surface area contributed by atoms with Crippen molar-refractivity contribution in [1.29, 1.82) is 0 Å². The number of amides is 1. The summed E-state index contributed by atoms with van der Waals surface area (Å²) in [5.74, 6) is -0.160. The molecule has 0 saturated carbocycles. The van der Waals surface area contributed by atoms with E-state index in [1.54, 1.807) is 11.0 Å². The minimum absolute atomic E-state index is 0.137. The van der Waals surface area contributed by atoms with E-state index in [1.807, 2.05) is 0 Å². The summed E-state index contributed by atoms with van der Waals surface area (Å²) in [5.41, 5.74) is -0.482. The Labute approximate surface area is 135 Å². The predicted octanol–water partition coefficient (Wildman–Crippen LogP) is 3.36. The monoisotopic (exact) mass is 346 g/mol. The molecule has 0 radical (unpaired) electrons. The third-order valence-electron chi connectivity index (χ3n) is 3.90. The zero-order valence-corrected chi connectivity index (χ0v) is 12.7. The van der Waals surface area contributed by atoms with Gasteiger partial charge in [0, 0.05) is 25.5 Å². The number of piperidine rings is 1. The number of nitrogens with one attached hydrogen (secondary N) is 1. The first-order chi connectivity index (χ1) is 10.8. The molecular formula is C14H14ClF3N4O. The number of aromatic nitrogens is 3. The second kappa shape index (κ2) is 5.92. The van der Waals surface area contributed by atoms with Gasteiger partial charge in [0.2, 0.25) is 0 Å². The normalized spacial score (nSPS) is 16.8. The third-order valence-corrected chi connectivity index (χ3v) is 4.12. The fourth-order valence-corrected chi connectivity index (χ4v) is 2.85. The van der Waals surface area contributed by atoms with Gasteiger partial charge < -0.3 is 9.88 Å². The highest BCUT2D eigenvalue weighted by atomic mass is 35.5. The molecule has 3 heterocycles. The quantitative estimate of drug-likeness (QED) is 0.906. The lowest BCUT2D eigenvalue weighted by Gasteiger charge is -2.31. The van der Waals surface area contributed by atoms with E-state index in [0.717, 1.165) is 6.07 Å². The Kier molecular flexibility index (Phi) is 4.09. The maximum atomic E-state index is 12.6. The highest BCUT2D eigenvalue weighted by Gasteiger charge is 2.34. The van der Waals surface area contributed by atoms with Crippen LogP contribution in [0.15, 0.2) is 24.5 Å². The Balaban J connectivity index is 1.62. The number of rotatable bonds is 2. The lowest BCUT2D eigenvalue weighted by atomic mass is 10.1. The number of H-pyrrole nitrogens is 1. The molecule has 1 aliphatic heterocycles. The molecular weight excluding hydrogens is 333 g/mol. The summed E-state index contributed by atoms with van der Waals surface area (Å²) in [6, 6.07) is 2.39. The van der Waals surface area contributed by atoms with Crippen LogP contribution in [-0.4, -0.2) is 38.7 Å². The Hall–Kier alpha value is -1.96. The topological polar surface area (TPSA) is 53.9 Å². The Morgan fingerprint density at radius 3 is 2.57 bits per heavy atom. The lowest BCUT2D eigenvalue weighted by Crippen LogP contribution is -2.39. The molecule has 1 saturated heterocycles. The first-order valence-electron chi connectivity index (χ1n) is 7.10. The molecule has 0 unspecified atom stereocenters. The molecule has 124 valence electrons. The van der Waals surface area contributed by atoms with Crippen molar-refractivity contribution < 1.29 is 18.0 Å². The molecule has 1 fully saturated rings. The molecule has 3 rings (SSSR count). The van der Waals surface area contributed by atoms with E-state index >= 15 is 0 Å². The minimum Gasteiger partial charge on any atom is -0.356 e. The van der Waals surface area contributed by atoms with E-state index in [-0.39, 0.29) is 11.9 Å². The van der Waals surface area contributed by atoms with Crippen molar-refractivity contribution in [1.82, 2.24) is 19.7 Å². The first kappa shape index (κ1) is 15.9. The molecule has 2 aromatic heterocycles. The number of carbonyl (C=O) groups is 1. The SMILES string of the molecule is O=C(c1cc(Cl)c[nH]1)N1CCC(n2ccc(C(F)(F)F)n2)CC1. The second-order valence-electron chi connectivity index (χ2n) is 5.43. The molecule has 0 aliphatic carbocycles. The summed E-state index contributed by atoms with van der Waals surface area (Å²) in [6.07, 6.45) is -0.452. The van der Waals surface area contributed by atoms with E-state index in [1.165, 1.54) is 17.1 Å². The van der Waals surface area contributed by atoms with Crippen LogP contribution in [0.4, 0.5) is 13.2 Å².